The summed E-state index contributed by atoms with van der Waals surface area (Å²) < 4.78 is 24.3. The molecule has 2 aromatic rings. The monoisotopic (exact) mass is 352 g/mol. The van der Waals surface area contributed by atoms with Crippen LogP contribution in [0.4, 0.5) is 10.1 Å². The van der Waals surface area contributed by atoms with Crippen LogP contribution in [0, 0.1) is 17.1 Å². The quantitative estimate of drug-likeness (QED) is 0.465. The number of hydrogen-bond acceptors (Lipinski definition) is 4. The maximum absolute atomic E-state index is 13.6. The Bertz CT molecular complexity index is 885. The van der Waals surface area contributed by atoms with Crippen LogP contribution in [0.2, 0.25) is 0 Å². The Labute approximate surface area is 151 Å². The first-order valence-corrected chi connectivity index (χ1v) is 7.68. The molecule has 0 spiro atoms. The van der Waals surface area contributed by atoms with Crippen molar-refractivity contribution in [2.75, 3.05) is 19.0 Å². The fourth-order valence-electron chi connectivity index (χ4n) is 2.11. The Morgan fingerprint density at radius 3 is 2.73 bits per heavy atom. The van der Waals surface area contributed by atoms with Crippen molar-refractivity contribution in [3.05, 3.63) is 72.1 Å². The Kier molecular flexibility index (Phi) is 6.52. The van der Waals surface area contributed by atoms with Gasteiger partial charge in [-0.05, 0) is 35.9 Å². The van der Waals surface area contributed by atoms with Crippen LogP contribution in [0.15, 0.2) is 60.7 Å². The molecule has 2 aromatic carbocycles. The Balaban J connectivity index is 2.25. The summed E-state index contributed by atoms with van der Waals surface area (Å²) in [5.41, 5.74) is 0.396. The topological polar surface area (TPSA) is 71.3 Å². The van der Waals surface area contributed by atoms with Gasteiger partial charge in [-0.3, -0.25) is 4.79 Å². The van der Waals surface area contributed by atoms with Crippen molar-refractivity contribution in [3.63, 3.8) is 0 Å². The Hall–Kier alpha value is -3.59. The van der Waals surface area contributed by atoms with E-state index in [2.05, 4.69) is 11.9 Å². The van der Waals surface area contributed by atoms with Crippen LogP contribution >= 0.6 is 0 Å². The van der Waals surface area contributed by atoms with Crippen molar-refractivity contribution >= 4 is 17.7 Å². The zero-order chi connectivity index (χ0) is 18.9. The van der Waals surface area contributed by atoms with Crippen LogP contribution < -0.4 is 14.8 Å². The minimum Gasteiger partial charge on any atom is -0.493 e. The average molecular weight is 352 g/mol. The van der Waals surface area contributed by atoms with Crippen LogP contribution in [-0.2, 0) is 4.79 Å². The zero-order valence-electron chi connectivity index (χ0n) is 14.2. The number of benzene rings is 2. The van der Waals surface area contributed by atoms with Gasteiger partial charge < -0.3 is 14.8 Å². The summed E-state index contributed by atoms with van der Waals surface area (Å²) in [7, 11) is 1.49. The Morgan fingerprint density at radius 2 is 2.08 bits per heavy atom. The number of methoxy groups -OCH3 is 1. The molecule has 6 heteroatoms. The summed E-state index contributed by atoms with van der Waals surface area (Å²) in [6.45, 7) is 3.90. The van der Waals surface area contributed by atoms with E-state index >= 15 is 0 Å². The number of hydrogen-bond donors (Lipinski definition) is 1. The standard InChI is InChI=1S/C20H17FN2O3/c1-3-10-26-18-9-8-14(12-19(18)25-2)11-15(13-22)20(24)23-17-7-5-4-6-16(17)21/h3-9,11-12H,1,10H2,2H3,(H,23,24)/b15-11+. The van der Waals surface area contributed by atoms with Crippen molar-refractivity contribution in [2.45, 2.75) is 0 Å². The maximum Gasteiger partial charge on any atom is 0.266 e. The lowest BCUT2D eigenvalue weighted by molar-refractivity contribution is -0.112. The fourth-order valence-corrected chi connectivity index (χ4v) is 2.11. The van der Waals surface area contributed by atoms with Gasteiger partial charge >= 0.3 is 0 Å². The molecule has 2 rings (SSSR count). The zero-order valence-corrected chi connectivity index (χ0v) is 14.2. The molecule has 0 atom stereocenters. The molecule has 1 N–H and O–H groups in total. The van der Waals surface area contributed by atoms with E-state index in [0.29, 0.717) is 23.7 Å². The first-order valence-electron chi connectivity index (χ1n) is 7.68. The number of nitrogens with one attached hydrogen (secondary N) is 1. The molecule has 5 nitrogen and oxygen atoms in total. The molecule has 1 amide bonds. The van der Waals surface area contributed by atoms with E-state index in [4.69, 9.17) is 9.47 Å². The van der Waals surface area contributed by atoms with E-state index in [1.165, 1.54) is 31.4 Å². The second kappa shape index (κ2) is 9.04. The third-order valence-corrected chi connectivity index (χ3v) is 3.34. The van der Waals surface area contributed by atoms with Gasteiger partial charge in [-0.2, -0.15) is 5.26 Å². The lowest BCUT2D eigenvalue weighted by Gasteiger charge is -2.10. The van der Waals surface area contributed by atoms with Crippen LogP contribution in [0.25, 0.3) is 6.08 Å². The fraction of sp³-hybridized carbons (Fsp3) is 0.100. The summed E-state index contributed by atoms with van der Waals surface area (Å²) in [5.74, 6) is -0.321. The summed E-state index contributed by atoms with van der Waals surface area (Å²) in [6.07, 6.45) is 2.99. The number of ether oxygens (including phenoxy) is 2. The number of carbonyl (C=O) groups is 1. The van der Waals surface area contributed by atoms with Gasteiger partial charge in [0.15, 0.2) is 11.5 Å². The number of nitriles is 1. The van der Waals surface area contributed by atoms with Crippen LogP contribution in [-0.4, -0.2) is 19.6 Å². The second-order valence-corrected chi connectivity index (χ2v) is 5.11. The molecule has 0 radical (unpaired) electrons. The van der Waals surface area contributed by atoms with Gasteiger partial charge in [-0.1, -0.05) is 30.9 Å². The molecule has 0 unspecified atom stereocenters. The third kappa shape index (κ3) is 4.71. The first-order chi connectivity index (χ1) is 12.6. The predicted octanol–water partition coefficient (Wildman–Crippen LogP) is 3.94. The molecular weight excluding hydrogens is 335 g/mol. The van der Waals surface area contributed by atoms with Gasteiger partial charge in [0.1, 0.15) is 24.1 Å². The molecule has 132 valence electrons. The van der Waals surface area contributed by atoms with E-state index in [1.807, 2.05) is 6.07 Å². The lowest BCUT2D eigenvalue weighted by Crippen LogP contribution is -2.14. The second-order valence-electron chi connectivity index (χ2n) is 5.11. The summed E-state index contributed by atoms with van der Waals surface area (Å²) in [6, 6.07) is 12.5. The maximum atomic E-state index is 13.6. The molecule has 0 aromatic heterocycles. The van der Waals surface area contributed by atoms with Crippen LogP contribution in [0.3, 0.4) is 0 Å². The van der Waals surface area contributed by atoms with Crippen molar-refractivity contribution in [3.8, 4) is 17.6 Å². The lowest BCUT2D eigenvalue weighted by atomic mass is 10.1. The summed E-state index contributed by atoms with van der Waals surface area (Å²) in [5, 5.41) is 11.6. The minimum absolute atomic E-state index is 0.00408. The highest BCUT2D eigenvalue weighted by Gasteiger charge is 2.12. The van der Waals surface area contributed by atoms with Crippen molar-refractivity contribution in [1.82, 2.24) is 0 Å². The minimum atomic E-state index is -0.705. The highest BCUT2D eigenvalue weighted by atomic mass is 19.1. The van der Waals surface area contributed by atoms with Gasteiger partial charge in [0.05, 0.1) is 12.8 Å². The van der Waals surface area contributed by atoms with Crippen LogP contribution in [0.5, 0.6) is 11.5 Å². The van der Waals surface area contributed by atoms with E-state index in [9.17, 15) is 14.4 Å². The third-order valence-electron chi connectivity index (χ3n) is 3.34. The van der Waals surface area contributed by atoms with Crippen molar-refractivity contribution in [2.24, 2.45) is 0 Å². The molecule has 0 aliphatic rings. The van der Waals surface area contributed by atoms with Gasteiger partial charge in [0.25, 0.3) is 5.91 Å². The summed E-state index contributed by atoms with van der Waals surface area (Å²) in [4.78, 5) is 12.2. The predicted molar refractivity (Wildman–Crippen MR) is 97.3 cm³/mol. The van der Waals surface area contributed by atoms with E-state index in [0.717, 1.165) is 0 Å². The number of nitrogens with zero attached hydrogens (tertiary/aromatic N) is 1. The molecule has 0 saturated heterocycles. The van der Waals surface area contributed by atoms with E-state index in [1.54, 1.807) is 30.3 Å². The number of halogens is 1. The Morgan fingerprint density at radius 1 is 1.31 bits per heavy atom. The van der Waals surface area contributed by atoms with Gasteiger partial charge in [-0.25, -0.2) is 4.39 Å². The first kappa shape index (κ1) is 18.7. The number of para-hydroxylation sites is 1. The molecule has 0 saturated carbocycles. The number of anilines is 1. The van der Waals surface area contributed by atoms with E-state index in [-0.39, 0.29) is 11.3 Å². The molecule has 0 bridgehead atoms. The smallest absolute Gasteiger partial charge is 0.266 e. The highest BCUT2D eigenvalue weighted by molar-refractivity contribution is 6.09. The highest BCUT2D eigenvalue weighted by Crippen LogP contribution is 2.29. The van der Waals surface area contributed by atoms with Crippen LogP contribution in [0.1, 0.15) is 5.56 Å². The van der Waals surface area contributed by atoms with Gasteiger partial charge in [-0.15, -0.1) is 0 Å². The average Bonchev–Trinajstić information content (AvgIpc) is 2.66. The normalized spacial score (nSPS) is 10.6. The largest absolute Gasteiger partial charge is 0.493 e. The number of rotatable bonds is 7. The summed E-state index contributed by atoms with van der Waals surface area (Å²) >= 11 is 0. The van der Waals surface area contributed by atoms with Gasteiger partial charge in [0, 0.05) is 0 Å². The van der Waals surface area contributed by atoms with E-state index < -0.39 is 11.7 Å². The molecule has 0 heterocycles. The number of carbonyl (C=O) groups excluding carboxylic acids is 1. The molecular formula is C20H17FN2O3. The van der Waals surface area contributed by atoms with Gasteiger partial charge in [0.2, 0.25) is 0 Å². The molecule has 0 aliphatic heterocycles. The SMILES string of the molecule is C=CCOc1ccc(/C=C(\C#N)C(=O)Nc2ccccc2F)cc1OC. The van der Waals surface area contributed by atoms with Crippen molar-refractivity contribution < 1.29 is 18.7 Å². The molecule has 26 heavy (non-hydrogen) atoms. The van der Waals surface area contributed by atoms with Crippen molar-refractivity contribution in [1.29, 1.82) is 5.26 Å². The molecule has 0 aliphatic carbocycles. The number of amides is 1. The molecule has 0 fully saturated rings.